The van der Waals surface area contributed by atoms with Crippen LogP contribution in [0.3, 0.4) is 0 Å². The van der Waals surface area contributed by atoms with Crippen LogP contribution in [-0.4, -0.2) is 32.5 Å². The summed E-state index contributed by atoms with van der Waals surface area (Å²) in [6, 6.07) is 13.3. The Balaban J connectivity index is 1.79. The fraction of sp³-hybridized carbons (Fsp3) is 0.300. The average molecular weight is 395 g/mol. The Hall–Kier alpha value is -3.05. The molecule has 2 heterocycles. The number of para-hydroxylation sites is 1. The summed E-state index contributed by atoms with van der Waals surface area (Å²) in [6.45, 7) is 4.06. The van der Waals surface area contributed by atoms with Crippen molar-refractivity contribution in [3.63, 3.8) is 0 Å². The standard InChI is InChI=1S/C20H21N5O2S/c1-14-17(10-13-27-14)18-22-23-20(24(18)3)28-15(2)19(26)25(12-7-11-21)16-8-5-4-6-9-16/h4-6,8-10,13,15H,7,12H2,1-3H3. The molecule has 0 bridgehead atoms. The van der Waals surface area contributed by atoms with E-state index in [0.29, 0.717) is 17.5 Å². The number of amides is 1. The van der Waals surface area contributed by atoms with Gasteiger partial charge in [-0.1, -0.05) is 30.0 Å². The number of hydrogen-bond donors (Lipinski definition) is 0. The van der Waals surface area contributed by atoms with Crippen LogP contribution in [0.1, 0.15) is 19.1 Å². The molecule has 0 spiro atoms. The average Bonchev–Trinajstić information content (AvgIpc) is 3.28. The second-order valence-electron chi connectivity index (χ2n) is 6.25. The minimum Gasteiger partial charge on any atom is -0.469 e. The quantitative estimate of drug-likeness (QED) is 0.565. The molecule has 3 aromatic rings. The number of benzene rings is 1. The van der Waals surface area contributed by atoms with Crippen LogP contribution in [0.2, 0.25) is 0 Å². The number of aromatic nitrogens is 3. The molecular formula is C20H21N5O2S. The van der Waals surface area contributed by atoms with Crippen molar-refractivity contribution in [2.24, 2.45) is 7.05 Å². The van der Waals surface area contributed by atoms with Crippen molar-refractivity contribution in [2.45, 2.75) is 30.7 Å². The molecule has 144 valence electrons. The molecule has 1 unspecified atom stereocenters. The Bertz CT molecular complexity index is 990. The van der Waals surface area contributed by atoms with E-state index in [0.717, 1.165) is 17.0 Å². The first kappa shape index (κ1) is 19.7. The van der Waals surface area contributed by atoms with Gasteiger partial charge in [0.15, 0.2) is 11.0 Å². The molecule has 0 aliphatic rings. The molecule has 0 saturated carbocycles. The number of carbonyl (C=O) groups excluding carboxylic acids is 1. The summed E-state index contributed by atoms with van der Waals surface area (Å²) in [7, 11) is 1.87. The van der Waals surface area contributed by atoms with Crippen LogP contribution in [0.4, 0.5) is 5.69 Å². The molecule has 1 atom stereocenters. The Labute approximate surface area is 168 Å². The predicted molar refractivity (Wildman–Crippen MR) is 108 cm³/mol. The molecule has 0 aliphatic heterocycles. The molecule has 1 aromatic carbocycles. The van der Waals surface area contributed by atoms with Gasteiger partial charge in [0.2, 0.25) is 5.91 Å². The molecule has 1 amide bonds. The van der Waals surface area contributed by atoms with Crippen molar-refractivity contribution in [3.8, 4) is 17.5 Å². The van der Waals surface area contributed by atoms with Crippen molar-refractivity contribution in [1.29, 1.82) is 5.26 Å². The zero-order valence-electron chi connectivity index (χ0n) is 16.0. The first-order valence-corrected chi connectivity index (χ1v) is 9.74. The molecule has 28 heavy (non-hydrogen) atoms. The van der Waals surface area contributed by atoms with Gasteiger partial charge < -0.3 is 13.9 Å². The smallest absolute Gasteiger partial charge is 0.240 e. The maximum absolute atomic E-state index is 13.1. The third kappa shape index (κ3) is 4.10. The van der Waals surface area contributed by atoms with Gasteiger partial charge in [-0.15, -0.1) is 10.2 Å². The predicted octanol–water partition coefficient (Wildman–Crippen LogP) is 3.81. The van der Waals surface area contributed by atoms with Crippen LogP contribution in [-0.2, 0) is 11.8 Å². The summed E-state index contributed by atoms with van der Waals surface area (Å²) in [6.07, 6.45) is 1.89. The molecule has 0 radical (unpaired) electrons. The number of rotatable bonds is 7. The second kappa shape index (κ2) is 8.76. The summed E-state index contributed by atoms with van der Waals surface area (Å²) in [5.74, 6) is 1.39. The van der Waals surface area contributed by atoms with Gasteiger partial charge >= 0.3 is 0 Å². The molecule has 0 saturated heterocycles. The van der Waals surface area contributed by atoms with Gasteiger partial charge in [0, 0.05) is 19.3 Å². The molecule has 8 heteroatoms. The maximum atomic E-state index is 13.1. The lowest BCUT2D eigenvalue weighted by atomic mass is 10.2. The van der Waals surface area contributed by atoms with E-state index in [4.69, 9.17) is 9.68 Å². The van der Waals surface area contributed by atoms with E-state index in [-0.39, 0.29) is 17.6 Å². The van der Waals surface area contributed by atoms with Crippen LogP contribution < -0.4 is 4.90 Å². The lowest BCUT2D eigenvalue weighted by Crippen LogP contribution is -2.37. The Morgan fingerprint density at radius 3 is 2.71 bits per heavy atom. The molecular weight excluding hydrogens is 374 g/mol. The maximum Gasteiger partial charge on any atom is 0.240 e. The van der Waals surface area contributed by atoms with E-state index in [2.05, 4.69) is 16.3 Å². The van der Waals surface area contributed by atoms with Crippen LogP contribution in [0.5, 0.6) is 0 Å². The molecule has 7 nitrogen and oxygen atoms in total. The van der Waals surface area contributed by atoms with Crippen molar-refractivity contribution in [1.82, 2.24) is 14.8 Å². The summed E-state index contributed by atoms with van der Waals surface area (Å²) in [5.41, 5.74) is 1.66. The Kier molecular flexibility index (Phi) is 6.16. The first-order valence-electron chi connectivity index (χ1n) is 8.86. The molecule has 0 aliphatic carbocycles. The summed E-state index contributed by atoms with van der Waals surface area (Å²) >= 11 is 1.34. The number of thioether (sulfide) groups is 1. The number of nitriles is 1. The lowest BCUT2D eigenvalue weighted by molar-refractivity contribution is -0.117. The highest BCUT2D eigenvalue weighted by molar-refractivity contribution is 8.00. The van der Waals surface area contributed by atoms with Gasteiger partial charge in [0.05, 0.1) is 29.6 Å². The van der Waals surface area contributed by atoms with Gasteiger partial charge in [-0.25, -0.2) is 0 Å². The van der Waals surface area contributed by atoms with E-state index in [1.807, 2.05) is 61.9 Å². The van der Waals surface area contributed by atoms with Gasteiger partial charge in [-0.2, -0.15) is 5.26 Å². The van der Waals surface area contributed by atoms with E-state index < -0.39 is 0 Å². The minimum atomic E-state index is -0.389. The third-order valence-corrected chi connectivity index (χ3v) is 5.47. The third-order valence-electron chi connectivity index (χ3n) is 4.35. The number of furan rings is 1. The van der Waals surface area contributed by atoms with Crippen LogP contribution in [0.25, 0.3) is 11.4 Å². The highest BCUT2D eigenvalue weighted by Crippen LogP contribution is 2.29. The highest BCUT2D eigenvalue weighted by Gasteiger charge is 2.25. The topological polar surface area (TPSA) is 88.0 Å². The van der Waals surface area contributed by atoms with Gasteiger partial charge in [0.1, 0.15) is 5.76 Å². The summed E-state index contributed by atoms with van der Waals surface area (Å²) in [4.78, 5) is 14.7. The van der Waals surface area contributed by atoms with Crippen molar-refractivity contribution in [3.05, 3.63) is 48.4 Å². The molecule has 0 N–H and O–H groups in total. The Morgan fingerprint density at radius 1 is 1.32 bits per heavy atom. The van der Waals surface area contributed by atoms with Crippen molar-refractivity contribution >= 4 is 23.4 Å². The van der Waals surface area contributed by atoms with Gasteiger partial charge in [-0.05, 0) is 32.0 Å². The fourth-order valence-electron chi connectivity index (χ4n) is 2.83. The van der Waals surface area contributed by atoms with Gasteiger partial charge in [-0.3, -0.25) is 4.79 Å². The van der Waals surface area contributed by atoms with Crippen LogP contribution in [0, 0.1) is 18.3 Å². The van der Waals surface area contributed by atoms with Gasteiger partial charge in [0.25, 0.3) is 0 Å². The summed E-state index contributed by atoms with van der Waals surface area (Å²) < 4.78 is 7.20. The summed E-state index contributed by atoms with van der Waals surface area (Å²) in [5, 5.41) is 17.7. The highest BCUT2D eigenvalue weighted by atomic mass is 32.2. The largest absolute Gasteiger partial charge is 0.469 e. The SMILES string of the molecule is Cc1occc1-c1nnc(SC(C)C(=O)N(CCC#N)c2ccccc2)n1C. The van der Waals surface area contributed by atoms with Crippen molar-refractivity contribution < 1.29 is 9.21 Å². The zero-order valence-corrected chi connectivity index (χ0v) is 16.8. The fourth-order valence-corrected chi connectivity index (χ4v) is 3.71. The number of nitrogens with zero attached hydrogens (tertiary/aromatic N) is 5. The molecule has 2 aromatic heterocycles. The van der Waals surface area contributed by atoms with Crippen LogP contribution in [0.15, 0.2) is 52.2 Å². The van der Waals surface area contributed by atoms with E-state index >= 15 is 0 Å². The monoisotopic (exact) mass is 395 g/mol. The molecule has 0 fully saturated rings. The molecule has 3 rings (SSSR count). The van der Waals surface area contributed by atoms with E-state index in [9.17, 15) is 4.79 Å². The van der Waals surface area contributed by atoms with Crippen LogP contribution >= 0.6 is 11.8 Å². The number of hydrogen-bond acceptors (Lipinski definition) is 6. The van der Waals surface area contributed by atoms with E-state index in [1.165, 1.54) is 11.8 Å². The first-order chi connectivity index (χ1) is 13.5. The Morgan fingerprint density at radius 2 is 2.07 bits per heavy atom. The minimum absolute atomic E-state index is 0.0736. The number of anilines is 1. The van der Waals surface area contributed by atoms with Crippen molar-refractivity contribution in [2.75, 3.05) is 11.4 Å². The second-order valence-corrected chi connectivity index (χ2v) is 7.56. The number of aryl methyl sites for hydroxylation is 1. The number of carbonyl (C=O) groups is 1. The lowest BCUT2D eigenvalue weighted by Gasteiger charge is -2.24. The van der Waals surface area contributed by atoms with E-state index in [1.54, 1.807) is 11.2 Å². The normalized spacial score (nSPS) is 11.8. The zero-order chi connectivity index (χ0) is 20.1.